The zero-order valence-electron chi connectivity index (χ0n) is 13.4. The molecule has 1 saturated heterocycles. The molecule has 0 unspecified atom stereocenters. The zero-order valence-corrected chi connectivity index (χ0v) is 13.4. The number of nitrogens with one attached hydrogen (secondary N) is 1. The van der Waals surface area contributed by atoms with Gasteiger partial charge in [-0.05, 0) is 37.3 Å². The first kappa shape index (κ1) is 16.2. The summed E-state index contributed by atoms with van der Waals surface area (Å²) >= 11 is 0. The molecular formula is C17H19FN4O2. The summed E-state index contributed by atoms with van der Waals surface area (Å²) < 4.78 is 18.9. The van der Waals surface area contributed by atoms with E-state index < -0.39 is 11.7 Å². The highest BCUT2D eigenvalue weighted by Crippen LogP contribution is 2.24. The Labute approximate surface area is 139 Å². The Morgan fingerprint density at radius 1 is 1.29 bits per heavy atom. The molecule has 3 rings (SSSR count). The maximum atomic E-state index is 13.6. The van der Waals surface area contributed by atoms with E-state index in [2.05, 4.69) is 15.2 Å². The minimum absolute atomic E-state index is 0.0235. The number of pyridine rings is 1. The van der Waals surface area contributed by atoms with Gasteiger partial charge in [-0.25, -0.2) is 9.37 Å². The molecule has 0 atom stereocenters. The van der Waals surface area contributed by atoms with Gasteiger partial charge in [0.15, 0.2) is 0 Å². The van der Waals surface area contributed by atoms with Crippen LogP contribution in [0, 0.1) is 12.7 Å². The van der Waals surface area contributed by atoms with Crippen molar-refractivity contribution in [3.63, 3.8) is 0 Å². The van der Waals surface area contributed by atoms with Gasteiger partial charge in [0.25, 0.3) is 5.91 Å². The highest BCUT2D eigenvalue weighted by molar-refractivity contribution is 5.98. The smallest absolute Gasteiger partial charge is 0.252 e. The van der Waals surface area contributed by atoms with Crippen molar-refractivity contribution in [2.75, 3.05) is 36.5 Å². The number of anilines is 3. The van der Waals surface area contributed by atoms with Gasteiger partial charge in [-0.2, -0.15) is 0 Å². The fourth-order valence-corrected chi connectivity index (χ4v) is 2.58. The van der Waals surface area contributed by atoms with Crippen LogP contribution >= 0.6 is 0 Å². The first-order valence-corrected chi connectivity index (χ1v) is 7.71. The first-order valence-electron chi connectivity index (χ1n) is 7.71. The number of nitrogens with two attached hydrogens (primary N) is 1. The van der Waals surface area contributed by atoms with E-state index >= 15 is 0 Å². The molecule has 0 spiro atoms. The predicted octanol–water partition coefficient (Wildman–Crippen LogP) is 2.21. The maximum Gasteiger partial charge on any atom is 0.252 e. The van der Waals surface area contributed by atoms with E-state index in [-0.39, 0.29) is 17.1 Å². The van der Waals surface area contributed by atoms with E-state index in [0.29, 0.717) is 0 Å². The SMILES string of the molecule is Cc1nc(Nc2ccc(N3CCOCC3)cc2)c(C(N)=O)cc1F. The number of halogens is 1. The number of ether oxygens (including phenoxy) is 1. The van der Waals surface area contributed by atoms with Gasteiger partial charge in [0, 0.05) is 24.5 Å². The monoisotopic (exact) mass is 330 g/mol. The van der Waals surface area contributed by atoms with Crippen LogP contribution in [-0.4, -0.2) is 37.2 Å². The van der Waals surface area contributed by atoms with Crippen LogP contribution < -0.4 is 16.0 Å². The molecule has 0 bridgehead atoms. The third-order valence-corrected chi connectivity index (χ3v) is 3.92. The van der Waals surface area contributed by atoms with Crippen LogP contribution in [-0.2, 0) is 4.74 Å². The second kappa shape index (κ2) is 6.84. The molecule has 1 aliphatic heterocycles. The molecule has 1 amide bonds. The van der Waals surface area contributed by atoms with Gasteiger partial charge in [-0.15, -0.1) is 0 Å². The molecule has 7 heteroatoms. The van der Waals surface area contributed by atoms with Crippen molar-refractivity contribution in [1.82, 2.24) is 4.98 Å². The Hall–Kier alpha value is -2.67. The summed E-state index contributed by atoms with van der Waals surface area (Å²) in [5, 5.41) is 3.03. The summed E-state index contributed by atoms with van der Waals surface area (Å²) in [5.41, 5.74) is 7.37. The Kier molecular flexibility index (Phi) is 4.61. The van der Waals surface area contributed by atoms with Gasteiger partial charge in [-0.1, -0.05) is 0 Å². The van der Waals surface area contributed by atoms with E-state index in [1.165, 1.54) is 6.92 Å². The lowest BCUT2D eigenvalue weighted by molar-refractivity contribution is 0.100. The largest absolute Gasteiger partial charge is 0.378 e. The van der Waals surface area contributed by atoms with E-state index in [4.69, 9.17) is 10.5 Å². The number of carbonyl (C=O) groups excluding carboxylic acids is 1. The van der Waals surface area contributed by atoms with E-state index in [1.807, 2.05) is 24.3 Å². The van der Waals surface area contributed by atoms with Crippen LogP contribution in [0.4, 0.5) is 21.6 Å². The first-order chi connectivity index (χ1) is 11.5. The molecule has 126 valence electrons. The fourth-order valence-electron chi connectivity index (χ4n) is 2.58. The van der Waals surface area contributed by atoms with Gasteiger partial charge in [0.2, 0.25) is 0 Å². The van der Waals surface area contributed by atoms with Gasteiger partial charge in [-0.3, -0.25) is 4.79 Å². The number of carbonyl (C=O) groups is 1. The van der Waals surface area contributed by atoms with Crippen molar-refractivity contribution in [2.24, 2.45) is 5.73 Å². The number of hydrogen-bond acceptors (Lipinski definition) is 5. The highest BCUT2D eigenvalue weighted by Gasteiger charge is 2.15. The summed E-state index contributed by atoms with van der Waals surface area (Å²) in [6.45, 7) is 4.70. The summed E-state index contributed by atoms with van der Waals surface area (Å²) in [6.07, 6.45) is 0. The second-order valence-electron chi connectivity index (χ2n) is 5.59. The quantitative estimate of drug-likeness (QED) is 0.898. The molecule has 2 heterocycles. The van der Waals surface area contributed by atoms with Crippen LogP contribution in [0.3, 0.4) is 0 Å². The number of aryl methyl sites for hydroxylation is 1. The van der Waals surface area contributed by atoms with Crippen molar-refractivity contribution < 1.29 is 13.9 Å². The van der Waals surface area contributed by atoms with Gasteiger partial charge < -0.3 is 20.7 Å². The lowest BCUT2D eigenvalue weighted by atomic mass is 10.2. The van der Waals surface area contributed by atoms with Crippen molar-refractivity contribution in [3.05, 3.63) is 47.4 Å². The number of aromatic nitrogens is 1. The molecular weight excluding hydrogens is 311 g/mol. The molecule has 0 radical (unpaired) electrons. The highest BCUT2D eigenvalue weighted by atomic mass is 19.1. The van der Waals surface area contributed by atoms with Crippen LogP contribution in [0.2, 0.25) is 0 Å². The van der Waals surface area contributed by atoms with Crippen molar-refractivity contribution in [3.8, 4) is 0 Å². The Morgan fingerprint density at radius 3 is 2.58 bits per heavy atom. The molecule has 0 aliphatic carbocycles. The molecule has 6 nitrogen and oxygen atoms in total. The van der Waals surface area contributed by atoms with E-state index in [0.717, 1.165) is 43.7 Å². The Morgan fingerprint density at radius 2 is 1.96 bits per heavy atom. The number of amides is 1. The number of hydrogen-bond donors (Lipinski definition) is 2. The summed E-state index contributed by atoms with van der Waals surface area (Å²) in [5.74, 6) is -1.04. The average molecular weight is 330 g/mol. The van der Waals surface area contributed by atoms with Gasteiger partial charge in [0.1, 0.15) is 11.6 Å². The molecule has 2 aromatic rings. The molecule has 1 aromatic heterocycles. The maximum absolute atomic E-state index is 13.6. The van der Waals surface area contributed by atoms with E-state index in [9.17, 15) is 9.18 Å². The van der Waals surface area contributed by atoms with Gasteiger partial charge >= 0.3 is 0 Å². The van der Waals surface area contributed by atoms with E-state index in [1.54, 1.807) is 0 Å². The zero-order chi connectivity index (χ0) is 17.1. The lowest BCUT2D eigenvalue weighted by Gasteiger charge is -2.29. The minimum atomic E-state index is -0.728. The van der Waals surface area contributed by atoms with Crippen molar-refractivity contribution in [2.45, 2.75) is 6.92 Å². The Bertz CT molecular complexity index is 743. The lowest BCUT2D eigenvalue weighted by Crippen LogP contribution is -2.36. The molecule has 3 N–H and O–H groups in total. The molecule has 1 aliphatic rings. The standard InChI is InChI=1S/C17H19FN4O2/c1-11-15(18)10-14(16(19)23)17(20-11)21-12-2-4-13(5-3-12)22-6-8-24-9-7-22/h2-5,10H,6-9H2,1H3,(H2,19,23)(H,20,21). The molecule has 1 fully saturated rings. The third-order valence-electron chi connectivity index (χ3n) is 3.92. The van der Waals surface area contributed by atoms with Crippen LogP contribution in [0.25, 0.3) is 0 Å². The molecule has 0 saturated carbocycles. The second-order valence-corrected chi connectivity index (χ2v) is 5.59. The topological polar surface area (TPSA) is 80.5 Å². The third kappa shape index (κ3) is 3.46. The van der Waals surface area contributed by atoms with Crippen molar-refractivity contribution >= 4 is 23.1 Å². The molecule has 1 aromatic carbocycles. The normalized spacial score (nSPS) is 14.5. The van der Waals surface area contributed by atoms with Crippen LogP contribution in [0.5, 0.6) is 0 Å². The number of primary amides is 1. The van der Waals surface area contributed by atoms with Crippen molar-refractivity contribution in [1.29, 1.82) is 0 Å². The summed E-state index contributed by atoms with van der Waals surface area (Å²) in [4.78, 5) is 17.8. The number of nitrogens with zero attached hydrogens (tertiary/aromatic N) is 2. The predicted molar refractivity (Wildman–Crippen MR) is 90.2 cm³/mol. The fraction of sp³-hybridized carbons (Fsp3) is 0.294. The number of rotatable bonds is 4. The van der Waals surface area contributed by atoms with Crippen LogP contribution in [0.15, 0.2) is 30.3 Å². The Balaban J connectivity index is 1.81. The van der Waals surface area contributed by atoms with Gasteiger partial charge in [0.05, 0.1) is 24.5 Å². The van der Waals surface area contributed by atoms with Crippen LogP contribution in [0.1, 0.15) is 16.1 Å². The minimum Gasteiger partial charge on any atom is -0.378 e. The average Bonchev–Trinajstić information content (AvgIpc) is 2.59. The summed E-state index contributed by atoms with van der Waals surface area (Å²) in [7, 11) is 0. The number of morpholine rings is 1. The summed E-state index contributed by atoms with van der Waals surface area (Å²) in [6, 6.07) is 8.84. The molecule has 24 heavy (non-hydrogen) atoms. The number of benzene rings is 1.